The van der Waals surface area contributed by atoms with Crippen LogP contribution in [0.25, 0.3) is 0 Å². The van der Waals surface area contributed by atoms with Gasteiger partial charge in [-0.3, -0.25) is 0 Å². The van der Waals surface area contributed by atoms with Gasteiger partial charge in [0.25, 0.3) is 0 Å². The molecule has 1 fully saturated rings. The van der Waals surface area contributed by atoms with E-state index < -0.39 is 0 Å². The van der Waals surface area contributed by atoms with Crippen molar-refractivity contribution in [3.63, 3.8) is 0 Å². The molecular weight excluding hydrogens is 134 g/mol. The van der Waals surface area contributed by atoms with Crippen molar-refractivity contribution in [2.24, 2.45) is 5.92 Å². The Bertz CT molecular complexity index is 106. The molecular formula is C10H22N+. The van der Waals surface area contributed by atoms with Gasteiger partial charge in [0.15, 0.2) is 0 Å². The average molecular weight is 156 g/mol. The fourth-order valence-electron chi connectivity index (χ4n) is 1.99. The summed E-state index contributed by atoms with van der Waals surface area (Å²) in [6.45, 7) is 5.15. The van der Waals surface area contributed by atoms with Gasteiger partial charge < -0.3 is 4.48 Å². The molecule has 1 rings (SSSR count). The van der Waals surface area contributed by atoms with E-state index in [1.807, 2.05) is 0 Å². The van der Waals surface area contributed by atoms with Crippen LogP contribution in [0, 0.1) is 5.92 Å². The lowest BCUT2D eigenvalue weighted by molar-refractivity contribution is -0.891. The molecule has 0 N–H and O–H groups in total. The number of likely N-dealkylation sites (tertiary alicyclic amines) is 1. The van der Waals surface area contributed by atoms with Crippen LogP contribution in [-0.4, -0.2) is 31.7 Å². The molecule has 1 aliphatic rings. The van der Waals surface area contributed by atoms with Gasteiger partial charge in [-0.1, -0.05) is 6.92 Å². The third-order valence-electron chi connectivity index (χ3n) is 2.92. The second-order valence-electron chi connectivity index (χ2n) is 4.77. The molecule has 1 heteroatoms. The highest BCUT2D eigenvalue weighted by Crippen LogP contribution is 2.18. The Morgan fingerprint density at radius 3 is 1.91 bits per heavy atom. The maximum atomic E-state index is 2.39. The summed E-state index contributed by atoms with van der Waals surface area (Å²) in [4.78, 5) is 0. The molecule has 11 heavy (non-hydrogen) atoms. The molecule has 0 saturated carbocycles. The molecule has 0 aromatic heterocycles. The number of quaternary nitrogens is 1. The summed E-state index contributed by atoms with van der Waals surface area (Å²) in [7, 11) is 4.71. The fourth-order valence-corrected chi connectivity index (χ4v) is 1.99. The van der Waals surface area contributed by atoms with Gasteiger partial charge in [-0.05, 0) is 31.6 Å². The molecule has 0 spiro atoms. The van der Waals surface area contributed by atoms with E-state index >= 15 is 0 Å². The molecule has 0 radical (unpaired) electrons. The van der Waals surface area contributed by atoms with E-state index in [0.29, 0.717) is 0 Å². The van der Waals surface area contributed by atoms with Crippen LogP contribution in [-0.2, 0) is 0 Å². The number of hydrogen-bond donors (Lipinski definition) is 0. The zero-order chi connectivity index (χ0) is 8.32. The molecule has 0 aromatic rings. The smallest absolute Gasteiger partial charge is 0.0782 e. The average Bonchev–Trinajstić information content (AvgIpc) is 1.83. The number of nitrogens with zero attached hydrogens (tertiary/aromatic N) is 1. The van der Waals surface area contributed by atoms with E-state index in [1.54, 1.807) is 0 Å². The Morgan fingerprint density at radius 1 is 1.00 bits per heavy atom. The molecule has 0 aliphatic carbocycles. The first-order chi connectivity index (χ1) is 5.10. The van der Waals surface area contributed by atoms with E-state index in [-0.39, 0.29) is 0 Å². The molecule has 0 atom stereocenters. The predicted molar refractivity (Wildman–Crippen MR) is 49.5 cm³/mol. The third kappa shape index (κ3) is 3.24. The summed E-state index contributed by atoms with van der Waals surface area (Å²) in [6.07, 6.45) is 5.74. The van der Waals surface area contributed by atoms with Gasteiger partial charge in [0.2, 0.25) is 0 Å². The Kier molecular flexibility index (Phi) is 2.94. The largest absolute Gasteiger partial charge is 0.328 e. The van der Waals surface area contributed by atoms with Crippen molar-refractivity contribution in [2.75, 3.05) is 27.2 Å². The minimum absolute atomic E-state index is 0.982. The van der Waals surface area contributed by atoms with Gasteiger partial charge in [0, 0.05) is 0 Å². The first-order valence-electron chi connectivity index (χ1n) is 4.92. The van der Waals surface area contributed by atoms with Gasteiger partial charge in [0.05, 0.1) is 27.2 Å². The second kappa shape index (κ2) is 3.57. The first-order valence-corrected chi connectivity index (χ1v) is 4.92. The SMILES string of the molecule is CC1CCC[N+](C)(C)CCC1. The van der Waals surface area contributed by atoms with Gasteiger partial charge in [-0.2, -0.15) is 0 Å². The van der Waals surface area contributed by atoms with E-state index in [2.05, 4.69) is 21.0 Å². The van der Waals surface area contributed by atoms with Gasteiger partial charge >= 0.3 is 0 Å². The maximum absolute atomic E-state index is 2.39. The molecule has 1 saturated heterocycles. The normalized spacial score (nSPS) is 27.5. The Balaban J connectivity index is 2.35. The van der Waals surface area contributed by atoms with E-state index in [9.17, 15) is 0 Å². The maximum Gasteiger partial charge on any atom is 0.0782 e. The molecule has 1 heterocycles. The lowest BCUT2D eigenvalue weighted by Crippen LogP contribution is -2.42. The predicted octanol–water partition coefficient (Wildman–Crippen LogP) is 2.27. The van der Waals surface area contributed by atoms with Crippen molar-refractivity contribution in [2.45, 2.75) is 32.6 Å². The summed E-state index contributed by atoms with van der Waals surface area (Å²) in [6, 6.07) is 0. The zero-order valence-corrected chi connectivity index (χ0v) is 8.27. The highest BCUT2D eigenvalue weighted by Gasteiger charge is 2.18. The minimum atomic E-state index is 0.982. The highest BCUT2D eigenvalue weighted by molar-refractivity contribution is 4.56. The Morgan fingerprint density at radius 2 is 1.45 bits per heavy atom. The Labute approximate surface area is 71.0 Å². The van der Waals surface area contributed by atoms with E-state index in [0.717, 1.165) is 5.92 Å². The highest BCUT2D eigenvalue weighted by atomic mass is 15.3. The summed E-state index contributed by atoms with van der Waals surface area (Å²) >= 11 is 0. The van der Waals surface area contributed by atoms with Crippen LogP contribution in [0.1, 0.15) is 32.6 Å². The van der Waals surface area contributed by atoms with Crippen molar-refractivity contribution in [3.8, 4) is 0 Å². The number of hydrogen-bond acceptors (Lipinski definition) is 0. The standard InChI is InChI=1S/C10H22N/c1-10-6-4-8-11(2,3)9-5-7-10/h10H,4-9H2,1-3H3/q+1. The monoisotopic (exact) mass is 156 g/mol. The van der Waals surface area contributed by atoms with Gasteiger partial charge in [-0.15, -0.1) is 0 Å². The van der Waals surface area contributed by atoms with Crippen molar-refractivity contribution < 1.29 is 4.48 Å². The minimum Gasteiger partial charge on any atom is -0.328 e. The van der Waals surface area contributed by atoms with E-state index in [1.165, 1.54) is 43.3 Å². The topological polar surface area (TPSA) is 0 Å². The van der Waals surface area contributed by atoms with Gasteiger partial charge in [0.1, 0.15) is 0 Å². The van der Waals surface area contributed by atoms with E-state index in [4.69, 9.17) is 0 Å². The van der Waals surface area contributed by atoms with Crippen LogP contribution in [0.4, 0.5) is 0 Å². The van der Waals surface area contributed by atoms with Crippen molar-refractivity contribution in [1.29, 1.82) is 0 Å². The van der Waals surface area contributed by atoms with Crippen LogP contribution >= 0.6 is 0 Å². The molecule has 0 amide bonds. The molecule has 0 bridgehead atoms. The van der Waals surface area contributed by atoms with Crippen molar-refractivity contribution in [1.82, 2.24) is 0 Å². The van der Waals surface area contributed by atoms with Crippen LogP contribution in [0.15, 0.2) is 0 Å². The summed E-state index contributed by atoms with van der Waals surface area (Å²) in [5.41, 5.74) is 0. The zero-order valence-electron chi connectivity index (χ0n) is 8.27. The van der Waals surface area contributed by atoms with Gasteiger partial charge in [-0.25, -0.2) is 0 Å². The van der Waals surface area contributed by atoms with Crippen LogP contribution in [0.5, 0.6) is 0 Å². The van der Waals surface area contributed by atoms with Crippen LogP contribution in [0.3, 0.4) is 0 Å². The quantitative estimate of drug-likeness (QED) is 0.472. The van der Waals surface area contributed by atoms with Crippen molar-refractivity contribution in [3.05, 3.63) is 0 Å². The summed E-state index contributed by atoms with van der Waals surface area (Å²) in [5.74, 6) is 0.982. The molecule has 0 aromatic carbocycles. The first kappa shape index (κ1) is 9.05. The van der Waals surface area contributed by atoms with Crippen LogP contribution < -0.4 is 0 Å². The lowest BCUT2D eigenvalue weighted by Gasteiger charge is -2.32. The summed E-state index contributed by atoms with van der Waals surface area (Å²) in [5, 5.41) is 0. The lowest BCUT2D eigenvalue weighted by atomic mass is 9.97. The third-order valence-corrected chi connectivity index (χ3v) is 2.92. The summed E-state index contributed by atoms with van der Waals surface area (Å²) < 4.78 is 1.24. The van der Waals surface area contributed by atoms with Crippen molar-refractivity contribution >= 4 is 0 Å². The Hall–Kier alpha value is -0.0400. The van der Waals surface area contributed by atoms with Crippen LogP contribution in [0.2, 0.25) is 0 Å². The molecule has 1 aliphatic heterocycles. The molecule has 1 nitrogen and oxygen atoms in total. The second-order valence-corrected chi connectivity index (χ2v) is 4.77. The number of rotatable bonds is 0. The molecule has 0 unspecified atom stereocenters. The molecule has 66 valence electrons. The fraction of sp³-hybridized carbons (Fsp3) is 1.00.